The van der Waals surface area contributed by atoms with Gasteiger partial charge in [0.25, 0.3) is 0 Å². The number of hydrogen-bond acceptors (Lipinski definition) is 3. The van der Waals surface area contributed by atoms with E-state index < -0.39 is 6.10 Å². The van der Waals surface area contributed by atoms with Crippen LogP contribution >= 0.6 is 0 Å². The van der Waals surface area contributed by atoms with Gasteiger partial charge in [-0.3, -0.25) is 0 Å². The van der Waals surface area contributed by atoms with E-state index in [1.807, 2.05) is 18.2 Å². The summed E-state index contributed by atoms with van der Waals surface area (Å²) in [5.74, 6) is 2.32. The van der Waals surface area contributed by atoms with E-state index in [0.29, 0.717) is 25.0 Å². The smallest absolute Gasteiger partial charge is 0.123 e. The maximum atomic E-state index is 10.4. The van der Waals surface area contributed by atoms with Crippen molar-refractivity contribution in [1.29, 1.82) is 0 Å². The summed E-state index contributed by atoms with van der Waals surface area (Å²) in [6.45, 7) is 14.4. The van der Waals surface area contributed by atoms with Crippen LogP contribution in [-0.2, 0) is 5.41 Å². The molecule has 1 N–H and O–H groups in total. The average molecular weight is 319 g/mol. The van der Waals surface area contributed by atoms with Crippen LogP contribution in [0.4, 0.5) is 0 Å². The Bertz CT molecular complexity index is 485. The molecule has 0 saturated carbocycles. The number of β-amino-alcohol motifs (C(OH)–C–C–N with tert-alkyl or cyclic N) is 1. The van der Waals surface area contributed by atoms with Crippen LogP contribution in [0.5, 0.6) is 5.75 Å². The first-order valence-corrected chi connectivity index (χ1v) is 8.88. The Kier molecular flexibility index (Phi) is 6.10. The quantitative estimate of drug-likeness (QED) is 0.898. The standard InChI is InChI=1S/C20H33NO2/c1-15-10-16(2)12-21(11-15)13-17(22)14-23-19-9-7-6-8-18(19)20(3,4)5/h6-9,15-17,22H,10-14H2,1-5H3/t15-,16+,17-/m0/s1. The van der Waals surface area contributed by atoms with Gasteiger partial charge in [0.2, 0.25) is 0 Å². The zero-order valence-corrected chi connectivity index (χ0v) is 15.4. The molecule has 0 radical (unpaired) electrons. The third-order valence-corrected chi connectivity index (χ3v) is 4.54. The molecule has 1 aromatic rings. The molecule has 130 valence electrons. The highest BCUT2D eigenvalue weighted by Gasteiger charge is 2.24. The monoisotopic (exact) mass is 319 g/mol. The molecule has 1 aromatic carbocycles. The number of aliphatic hydroxyl groups is 1. The minimum atomic E-state index is -0.444. The van der Waals surface area contributed by atoms with Crippen LogP contribution in [0.15, 0.2) is 24.3 Å². The second-order valence-corrected chi connectivity index (χ2v) is 8.38. The fourth-order valence-electron chi connectivity index (χ4n) is 3.69. The van der Waals surface area contributed by atoms with Crippen LogP contribution in [0, 0.1) is 11.8 Å². The Morgan fingerprint density at radius 3 is 2.39 bits per heavy atom. The lowest BCUT2D eigenvalue weighted by atomic mass is 9.86. The van der Waals surface area contributed by atoms with Gasteiger partial charge in [-0.05, 0) is 35.3 Å². The van der Waals surface area contributed by atoms with E-state index in [4.69, 9.17) is 4.74 Å². The van der Waals surface area contributed by atoms with Crippen molar-refractivity contribution < 1.29 is 9.84 Å². The molecule has 0 unspecified atom stereocenters. The molecule has 0 spiro atoms. The molecule has 1 aliphatic heterocycles. The topological polar surface area (TPSA) is 32.7 Å². The van der Waals surface area contributed by atoms with Gasteiger partial charge in [-0.1, -0.05) is 52.8 Å². The summed E-state index contributed by atoms with van der Waals surface area (Å²) in [5, 5.41) is 10.4. The van der Waals surface area contributed by atoms with E-state index in [1.165, 1.54) is 12.0 Å². The fourth-order valence-corrected chi connectivity index (χ4v) is 3.69. The third kappa shape index (κ3) is 5.50. The number of aliphatic hydroxyl groups excluding tert-OH is 1. The molecule has 0 aromatic heterocycles. The zero-order chi connectivity index (χ0) is 17.0. The molecule has 1 fully saturated rings. The fraction of sp³-hybridized carbons (Fsp3) is 0.700. The SMILES string of the molecule is C[C@@H]1C[C@H](C)CN(C[C@H](O)COc2ccccc2C(C)(C)C)C1. The lowest BCUT2D eigenvalue weighted by Gasteiger charge is -2.36. The maximum absolute atomic E-state index is 10.4. The van der Waals surface area contributed by atoms with Crippen molar-refractivity contribution in [3.8, 4) is 5.75 Å². The van der Waals surface area contributed by atoms with Crippen LogP contribution in [0.25, 0.3) is 0 Å². The summed E-state index contributed by atoms with van der Waals surface area (Å²) >= 11 is 0. The highest BCUT2D eigenvalue weighted by Crippen LogP contribution is 2.31. The van der Waals surface area contributed by atoms with Crippen molar-refractivity contribution in [2.45, 2.75) is 52.6 Å². The van der Waals surface area contributed by atoms with Gasteiger partial charge in [0.15, 0.2) is 0 Å². The summed E-state index contributed by atoms with van der Waals surface area (Å²) in [6, 6.07) is 8.14. The van der Waals surface area contributed by atoms with E-state index in [1.54, 1.807) is 0 Å². The molecule has 1 aliphatic rings. The van der Waals surface area contributed by atoms with Gasteiger partial charge in [0.05, 0.1) is 0 Å². The van der Waals surface area contributed by atoms with Crippen molar-refractivity contribution >= 4 is 0 Å². The zero-order valence-electron chi connectivity index (χ0n) is 15.4. The molecule has 0 bridgehead atoms. The second kappa shape index (κ2) is 7.67. The Morgan fingerprint density at radius 2 is 1.78 bits per heavy atom. The Labute approximate surface area is 141 Å². The van der Waals surface area contributed by atoms with Crippen LogP contribution in [0.3, 0.4) is 0 Å². The summed E-state index contributed by atoms with van der Waals surface area (Å²) < 4.78 is 5.94. The highest BCUT2D eigenvalue weighted by molar-refractivity contribution is 5.38. The number of benzene rings is 1. The largest absolute Gasteiger partial charge is 0.491 e. The minimum Gasteiger partial charge on any atom is -0.491 e. The van der Waals surface area contributed by atoms with E-state index in [0.717, 1.165) is 18.8 Å². The molecule has 3 nitrogen and oxygen atoms in total. The number of hydrogen-bond donors (Lipinski definition) is 1. The maximum Gasteiger partial charge on any atom is 0.123 e. The van der Waals surface area contributed by atoms with Crippen LogP contribution < -0.4 is 4.74 Å². The molecule has 3 heteroatoms. The Balaban J connectivity index is 1.89. The lowest BCUT2D eigenvalue weighted by Crippen LogP contribution is -2.44. The molecule has 0 aliphatic carbocycles. The van der Waals surface area contributed by atoms with Crippen molar-refractivity contribution in [2.75, 3.05) is 26.2 Å². The Morgan fingerprint density at radius 1 is 1.17 bits per heavy atom. The molecule has 2 rings (SSSR count). The van der Waals surface area contributed by atoms with Gasteiger partial charge < -0.3 is 14.7 Å². The van der Waals surface area contributed by atoms with Crippen LogP contribution in [-0.4, -0.2) is 42.4 Å². The third-order valence-electron chi connectivity index (χ3n) is 4.54. The van der Waals surface area contributed by atoms with E-state index in [9.17, 15) is 5.11 Å². The van der Waals surface area contributed by atoms with Crippen LogP contribution in [0.2, 0.25) is 0 Å². The van der Waals surface area contributed by atoms with E-state index in [-0.39, 0.29) is 5.41 Å². The Hall–Kier alpha value is -1.06. The summed E-state index contributed by atoms with van der Waals surface area (Å²) in [4.78, 5) is 2.38. The number of rotatable bonds is 5. The average Bonchev–Trinajstić information content (AvgIpc) is 2.43. The highest BCUT2D eigenvalue weighted by atomic mass is 16.5. The predicted octanol–water partition coefficient (Wildman–Crippen LogP) is 3.70. The van der Waals surface area contributed by atoms with Crippen molar-refractivity contribution in [2.24, 2.45) is 11.8 Å². The lowest BCUT2D eigenvalue weighted by molar-refractivity contribution is 0.0424. The van der Waals surface area contributed by atoms with Crippen LogP contribution in [0.1, 0.15) is 46.6 Å². The van der Waals surface area contributed by atoms with E-state index in [2.05, 4.69) is 45.6 Å². The molecule has 23 heavy (non-hydrogen) atoms. The van der Waals surface area contributed by atoms with Gasteiger partial charge in [-0.25, -0.2) is 0 Å². The second-order valence-electron chi connectivity index (χ2n) is 8.38. The molecule has 0 amide bonds. The number of nitrogens with zero attached hydrogens (tertiary/aromatic N) is 1. The van der Waals surface area contributed by atoms with Gasteiger partial charge >= 0.3 is 0 Å². The molecule has 1 saturated heterocycles. The predicted molar refractivity (Wildman–Crippen MR) is 96.0 cm³/mol. The van der Waals surface area contributed by atoms with Crippen molar-refractivity contribution in [3.05, 3.63) is 29.8 Å². The number of para-hydroxylation sites is 1. The molecular weight excluding hydrogens is 286 g/mol. The normalized spacial score (nSPS) is 24.4. The first-order chi connectivity index (χ1) is 10.8. The molecule has 1 heterocycles. The van der Waals surface area contributed by atoms with Crippen molar-refractivity contribution in [3.63, 3.8) is 0 Å². The van der Waals surface area contributed by atoms with Gasteiger partial charge in [-0.2, -0.15) is 0 Å². The first-order valence-electron chi connectivity index (χ1n) is 8.88. The van der Waals surface area contributed by atoms with Gasteiger partial charge in [-0.15, -0.1) is 0 Å². The summed E-state index contributed by atoms with van der Waals surface area (Å²) in [5.41, 5.74) is 1.23. The summed E-state index contributed by atoms with van der Waals surface area (Å²) in [7, 11) is 0. The van der Waals surface area contributed by atoms with Crippen molar-refractivity contribution in [1.82, 2.24) is 4.90 Å². The van der Waals surface area contributed by atoms with E-state index >= 15 is 0 Å². The number of likely N-dealkylation sites (tertiary alicyclic amines) is 1. The van der Waals surface area contributed by atoms with Gasteiger partial charge in [0, 0.05) is 19.6 Å². The first kappa shape index (κ1) is 18.3. The summed E-state index contributed by atoms with van der Waals surface area (Å²) in [6.07, 6.45) is 0.850. The molecular formula is C20H33NO2. The minimum absolute atomic E-state index is 0.0410. The number of piperidine rings is 1. The van der Waals surface area contributed by atoms with Gasteiger partial charge in [0.1, 0.15) is 18.5 Å². The molecule has 3 atom stereocenters. The number of ether oxygens (including phenoxy) is 1.